The smallest absolute Gasteiger partial charge is 0.244 e. The van der Waals surface area contributed by atoms with Crippen molar-refractivity contribution in [2.24, 2.45) is 5.10 Å². The number of carbonyl (C=O) groups excluding carboxylic acids is 1. The van der Waals surface area contributed by atoms with Crippen LogP contribution in [0.15, 0.2) is 41.5 Å². The van der Waals surface area contributed by atoms with Gasteiger partial charge in [0.1, 0.15) is 0 Å². The topological polar surface area (TPSA) is 59.9 Å². The highest BCUT2D eigenvalue weighted by atomic mass is 127. The van der Waals surface area contributed by atoms with Gasteiger partial charge in [0, 0.05) is 0 Å². The summed E-state index contributed by atoms with van der Waals surface area (Å²) < 4.78 is 12.3. The summed E-state index contributed by atoms with van der Waals surface area (Å²) in [6, 6.07) is 11.9. The molecule has 0 aliphatic carbocycles. The van der Waals surface area contributed by atoms with E-state index in [4.69, 9.17) is 9.47 Å². The molecule has 5 nitrogen and oxygen atoms in total. The maximum Gasteiger partial charge on any atom is 0.244 e. The van der Waals surface area contributed by atoms with Crippen LogP contribution < -0.4 is 14.9 Å². The van der Waals surface area contributed by atoms with Gasteiger partial charge in [-0.1, -0.05) is 45.0 Å². The lowest BCUT2D eigenvalue weighted by Gasteiger charge is -2.19. The monoisotopic (exact) mass is 508 g/mol. The second-order valence-electron chi connectivity index (χ2n) is 7.61. The first-order valence-electron chi connectivity index (χ1n) is 9.75. The van der Waals surface area contributed by atoms with Crippen molar-refractivity contribution >= 4 is 34.7 Å². The zero-order valence-corrected chi connectivity index (χ0v) is 19.9. The third kappa shape index (κ3) is 7.03. The average molecular weight is 508 g/mol. The molecule has 0 radical (unpaired) electrons. The molecule has 1 N–H and O–H groups in total. The fourth-order valence-corrected chi connectivity index (χ4v) is 3.52. The number of hydrogen-bond donors (Lipinski definition) is 1. The molecular weight excluding hydrogens is 479 g/mol. The molecule has 0 saturated heterocycles. The molecule has 0 saturated carbocycles. The van der Waals surface area contributed by atoms with Crippen LogP contribution in [0.4, 0.5) is 0 Å². The van der Waals surface area contributed by atoms with Gasteiger partial charge >= 0.3 is 0 Å². The molecule has 2 aromatic rings. The summed E-state index contributed by atoms with van der Waals surface area (Å²) in [7, 11) is 0. The predicted molar refractivity (Wildman–Crippen MR) is 126 cm³/mol. The lowest BCUT2D eigenvalue weighted by molar-refractivity contribution is -0.120. The molecule has 0 unspecified atom stereocenters. The van der Waals surface area contributed by atoms with Crippen LogP contribution in [0.2, 0.25) is 0 Å². The van der Waals surface area contributed by atoms with Crippen LogP contribution in [-0.4, -0.2) is 25.3 Å². The number of hydrazone groups is 1. The minimum Gasteiger partial charge on any atom is -0.490 e. The quantitative estimate of drug-likeness (QED) is 0.308. The molecule has 0 aliphatic heterocycles. The number of amides is 1. The molecule has 6 heteroatoms. The molecule has 0 bridgehead atoms. The molecule has 0 atom stereocenters. The summed E-state index contributed by atoms with van der Waals surface area (Å²) >= 11 is 2.21. The second kappa shape index (κ2) is 10.6. The van der Waals surface area contributed by atoms with Gasteiger partial charge in [0.2, 0.25) is 5.91 Å². The number of halogens is 1. The molecule has 1 amide bonds. The Hall–Kier alpha value is -2.09. The van der Waals surface area contributed by atoms with Gasteiger partial charge < -0.3 is 9.47 Å². The van der Waals surface area contributed by atoms with E-state index < -0.39 is 0 Å². The van der Waals surface area contributed by atoms with Gasteiger partial charge in [-0.3, -0.25) is 4.79 Å². The van der Waals surface area contributed by atoms with Crippen LogP contribution in [0.25, 0.3) is 0 Å². The Bertz CT molecular complexity index is 856. The maximum absolute atomic E-state index is 12.2. The highest BCUT2D eigenvalue weighted by Gasteiger charge is 2.13. The van der Waals surface area contributed by atoms with E-state index in [-0.39, 0.29) is 17.7 Å². The Morgan fingerprint density at radius 1 is 1.10 bits per heavy atom. The molecule has 0 aliphatic rings. The Kier molecular flexibility index (Phi) is 8.49. The van der Waals surface area contributed by atoms with Crippen molar-refractivity contribution in [3.05, 3.63) is 56.7 Å². The summed E-state index contributed by atoms with van der Waals surface area (Å²) in [6.07, 6.45) is 1.90. The summed E-state index contributed by atoms with van der Waals surface area (Å²) in [5.74, 6) is 1.25. The van der Waals surface area contributed by atoms with Crippen molar-refractivity contribution in [1.82, 2.24) is 5.43 Å². The molecule has 2 rings (SSSR count). The molecule has 0 spiro atoms. The Balaban J connectivity index is 2.01. The number of hydrogen-bond acceptors (Lipinski definition) is 4. The molecule has 0 aromatic heterocycles. The fourth-order valence-electron chi connectivity index (χ4n) is 2.74. The molecular formula is C23H29IN2O3. The highest BCUT2D eigenvalue weighted by Crippen LogP contribution is 2.33. The summed E-state index contributed by atoms with van der Waals surface area (Å²) in [4.78, 5) is 12.2. The molecule has 0 heterocycles. The number of nitrogens with one attached hydrogen (secondary N) is 1. The van der Waals surface area contributed by atoms with E-state index in [1.54, 1.807) is 6.21 Å². The average Bonchev–Trinajstić information content (AvgIpc) is 2.64. The highest BCUT2D eigenvalue weighted by molar-refractivity contribution is 14.1. The zero-order chi connectivity index (χ0) is 21.4. The van der Waals surface area contributed by atoms with E-state index >= 15 is 0 Å². The van der Waals surface area contributed by atoms with Crippen LogP contribution in [-0.2, 0) is 16.6 Å². The van der Waals surface area contributed by atoms with Crippen molar-refractivity contribution < 1.29 is 14.3 Å². The Labute approximate surface area is 187 Å². The lowest BCUT2D eigenvalue weighted by atomic mass is 9.86. The molecule has 156 valence electrons. The van der Waals surface area contributed by atoms with Gasteiger partial charge in [-0.15, -0.1) is 0 Å². The third-order valence-corrected chi connectivity index (χ3v) is 5.01. The number of carbonyl (C=O) groups is 1. The van der Waals surface area contributed by atoms with Gasteiger partial charge in [-0.05, 0) is 70.7 Å². The van der Waals surface area contributed by atoms with Crippen LogP contribution in [0.1, 0.15) is 51.3 Å². The van der Waals surface area contributed by atoms with Gasteiger partial charge in [0.25, 0.3) is 0 Å². The second-order valence-corrected chi connectivity index (χ2v) is 8.78. The predicted octanol–water partition coefficient (Wildman–Crippen LogP) is 5.08. The largest absolute Gasteiger partial charge is 0.490 e. The molecule has 0 fully saturated rings. The SMILES string of the molecule is CCOc1cc(/C=N\NC(=O)Cc2ccc(C(C)(C)C)cc2)cc(I)c1OCC. The molecule has 29 heavy (non-hydrogen) atoms. The number of ether oxygens (including phenoxy) is 2. The van der Waals surface area contributed by atoms with Gasteiger partial charge in [-0.2, -0.15) is 5.10 Å². The summed E-state index contributed by atoms with van der Waals surface area (Å²) in [6.45, 7) is 11.5. The maximum atomic E-state index is 12.2. The van der Waals surface area contributed by atoms with Crippen molar-refractivity contribution in [1.29, 1.82) is 0 Å². The first-order valence-corrected chi connectivity index (χ1v) is 10.8. The standard InChI is InChI=1S/C23H29IN2O3/c1-6-28-20-13-17(12-19(24)22(20)29-7-2)15-25-26-21(27)14-16-8-10-18(11-9-16)23(3,4)5/h8-13,15H,6-7,14H2,1-5H3,(H,26,27)/b25-15-. The van der Waals surface area contributed by atoms with Crippen molar-refractivity contribution in [3.63, 3.8) is 0 Å². The number of nitrogens with zero attached hydrogens (tertiary/aromatic N) is 1. The number of benzene rings is 2. The Morgan fingerprint density at radius 2 is 1.76 bits per heavy atom. The minimum absolute atomic E-state index is 0.0979. The van der Waals surface area contributed by atoms with E-state index in [0.29, 0.717) is 19.0 Å². The number of rotatable bonds is 8. The lowest BCUT2D eigenvalue weighted by Crippen LogP contribution is -2.20. The van der Waals surface area contributed by atoms with Crippen LogP contribution in [0.3, 0.4) is 0 Å². The molecule has 2 aromatic carbocycles. The van der Waals surface area contributed by atoms with Crippen LogP contribution >= 0.6 is 22.6 Å². The van der Waals surface area contributed by atoms with Gasteiger partial charge in [0.05, 0.1) is 29.4 Å². The van der Waals surface area contributed by atoms with E-state index in [1.165, 1.54) is 5.56 Å². The summed E-state index contributed by atoms with van der Waals surface area (Å²) in [5, 5.41) is 4.09. The first kappa shape index (κ1) is 23.2. The van der Waals surface area contributed by atoms with Crippen LogP contribution in [0.5, 0.6) is 11.5 Å². The minimum atomic E-state index is -0.157. The first-order chi connectivity index (χ1) is 13.7. The van der Waals surface area contributed by atoms with Gasteiger partial charge in [0.15, 0.2) is 11.5 Å². The normalized spacial score (nSPS) is 11.5. The van der Waals surface area contributed by atoms with E-state index in [1.807, 2.05) is 38.1 Å². The van der Waals surface area contributed by atoms with Crippen LogP contribution in [0, 0.1) is 3.57 Å². The van der Waals surface area contributed by atoms with Gasteiger partial charge in [-0.25, -0.2) is 5.43 Å². The van der Waals surface area contributed by atoms with Crippen molar-refractivity contribution in [3.8, 4) is 11.5 Å². The van der Waals surface area contributed by atoms with Crippen molar-refractivity contribution in [2.45, 2.75) is 46.5 Å². The van der Waals surface area contributed by atoms with E-state index in [9.17, 15) is 4.79 Å². The Morgan fingerprint density at radius 3 is 2.34 bits per heavy atom. The van der Waals surface area contributed by atoms with Crippen molar-refractivity contribution in [2.75, 3.05) is 13.2 Å². The fraction of sp³-hybridized carbons (Fsp3) is 0.391. The zero-order valence-electron chi connectivity index (χ0n) is 17.7. The van der Waals surface area contributed by atoms with E-state index in [0.717, 1.165) is 20.4 Å². The summed E-state index contributed by atoms with van der Waals surface area (Å²) in [5.41, 5.74) is 5.72. The third-order valence-electron chi connectivity index (χ3n) is 4.21. The van der Waals surface area contributed by atoms with E-state index in [2.05, 4.69) is 66.0 Å².